The average Bonchev–Trinajstić information content (AvgIpc) is 2.78. The van der Waals surface area contributed by atoms with Crippen molar-refractivity contribution in [1.82, 2.24) is 15.0 Å². The van der Waals surface area contributed by atoms with Crippen molar-refractivity contribution in [2.75, 3.05) is 0 Å². The Hall–Kier alpha value is -1.59. The third kappa shape index (κ3) is 2.94. The van der Waals surface area contributed by atoms with Crippen molar-refractivity contribution in [3.63, 3.8) is 0 Å². The zero-order valence-corrected chi connectivity index (χ0v) is 12.3. The number of carboxylic acid groups (broad SMARTS) is 1. The first-order valence-electron chi connectivity index (χ1n) is 6.13. The van der Waals surface area contributed by atoms with Crippen molar-refractivity contribution in [3.05, 3.63) is 45.2 Å². The fourth-order valence-corrected chi connectivity index (χ4v) is 2.46. The molecule has 0 saturated heterocycles. The second kappa shape index (κ2) is 6.24. The Morgan fingerprint density at radius 3 is 2.55 bits per heavy atom. The van der Waals surface area contributed by atoms with E-state index in [1.54, 1.807) is 22.9 Å². The molecule has 7 heteroatoms. The number of aromatic nitrogens is 3. The molecule has 0 radical (unpaired) electrons. The van der Waals surface area contributed by atoms with Crippen LogP contribution in [0, 0.1) is 0 Å². The minimum absolute atomic E-state index is 0.0185. The third-order valence-corrected chi connectivity index (χ3v) is 3.60. The lowest BCUT2D eigenvalue weighted by Crippen LogP contribution is -2.10. The number of benzene rings is 1. The lowest BCUT2D eigenvalue weighted by Gasteiger charge is -2.09. The second-order valence-corrected chi connectivity index (χ2v) is 5.11. The van der Waals surface area contributed by atoms with Crippen LogP contribution in [0.15, 0.2) is 18.2 Å². The lowest BCUT2D eigenvalue weighted by molar-refractivity contribution is 0.0689. The number of carbonyl (C=O) groups is 1. The fraction of sp³-hybridized carbons (Fsp3) is 0.308. The molecular weight excluding hydrogens is 301 g/mol. The van der Waals surface area contributed by atoms with Gasteiger partial charge in [0.1, 0.15) is 0 Å². The molecule has 0 spiro atoms. The number of rotatable bonds is 5. The van der Waals surface area contributed by atoms with E-state index in [1.807, 2.05) is 6.92 Å². The first-order chi connectivity index (χ1) is 9.54. The Bertz CT molecular complexity index is 620. The van der Waals surface area contributed by atoms with Crippen LogP contribution in [-0.2, 0) is 13.0 Å². The summed E-state index contributed by atoms with van der Waals surface area (Å²) < 4.78 is 1.54. The molecule has 1 aromatic carbocycles. The molecule has 106 valence electrons. The smallest absolute Gasteiger partial charge is 0.358 e. The zero-order chi connectivity index (χ0) is 14.7. The van der Waals surface area contributed by atoms with E-state index in [9.17, 15) is 4.79 Å². The van der Waals surface area contributed by atoms with Gasteiger partial charge in [-0.15, -0.1) is 5.10 Å². The highest BCUT2D eigenvalue weighted by Crippen LogP contribution is 2.25. The minimum Gasteiger partial charge on any atom is -0.476 e. The number of halogens is 2. The van der Waals surface area contributed by atoms with Gasteiger partial charge in [0.25, 0.3) is 0 Å². The summed E-state index contributed by atoms with van der Waals surface area (Å²) in [6.45, 7) is 2.26. The maximum absolute atomic E-state index is 11.1. The van der Waals surface area contributed by atoms with Crippen molar-refractivity contribution < 1.29 is 9.90 Å². The van der Waals surface area contributed by atoms with Crippen LogP contribution in [0.4, 0.5) is 0 Å². The monoisotopic (exact) mass is 313 g/mol. The molecule has 0 unspecified atom stereocenters. The number of aromatic carboxylic acids is 1. The van der Waals surface area contributed by atoms with Crippen molar-refractivity contribution in [3.8, 4) is 0 Å². The van der Waals surface area contributed by atoms with Gasteiger partial charge in [0, 0.05) is 15.6 Å². The van der Waals surface area contributed by atoms with Gasteiger partial charge in [-0.05, 0) is 18.6 Å². The van der Waals surface area contributed by atoms with Crippen molar-refractivity contribution >= 4 is 29.2 Å². The van der Waals surface area contributed by atoms with Crippen LogP contribution < -0.4 is 0 Å². The molecule has 0 amide bonds. The summed E-state index contributed by atoms with van der Waals surface area (Å²) in [5, 5.41) is 17.8. The predicted octanol–water partition coefficient (Wildman–Crippen LogP) is 3.28. The van der Waals surface area contributed by atoms with Gasteiger partial charge in [-0.1, -0.05) is 47.8 Å². The zero-order valence-electron chi connectivity index (χ0n) is 10.8. The van der Waals surface area contributed by atoms with Gasteiger partial charge in [-0.2, -0.15) is 0 Å². The number of nitrogens with zero attached hydrogens (tertiary/aromatic N) is 3. The van der Waals surface area contributed by atoms with Gasteiger partial charge in [-0.25, -0.2) is 9.48 Å². The van der Waals surface area contributed by atoms with E-state index < -0.39 is 5.97 Å². The molecule has 1 aromatic heterocycles. The van der Waals surface area contributed by atoms with E-state index in [4.69, 9.17) is 28.3 Å². The average molecular weight is 314 g/mol. The quantitative estimate of drug-likeness (QED) is 0.919. The van der Waals surface area contributed by atoms with Crippen LogP contribution in [0.1, 0.15) is 35.1 Å². The van der Waals surface area contributed by atoms with Gasteiger partial charge in [0.2, 0.25) is 0 Å². The molecule has 20 heavy (non-hydrogen) atoms. The Kier molecular flexibility index (Phi) is 4.62. The molecular formula is C13H13Cl2N3O2. The summed E-state index contributed by atoms with van der Waals surface area (Å²) in [7, 11) is 0. The van der Waals surface area contributed by atoms with Gasteiger partial charge >= 0.3 is 5.97 Å². The molecule has 0 aliphatic heterocycles. The summed E-state index contributed by atoms with van der Waals surface area (Å²) in [6, 6.07) is 5.22. The van der Waals surface area contributed by atoms with Crippen molar-refractivity contribution in [2.24, 2.45) is 0 Å². The Morgan fingerprint density at radius 1 is 1.35 bits per heavy atom. The van der Waals surface area contributed by atoms with Crippen LogP contribution >= 0.6 is 23.2 Å². The maximum Gasteiger partial charge on any atom is 0.358 e. The van der Waals surface area contributed by atoms with E-state index in [2.05, 4.69) is 10.3 Å². The topological polar surface area (TPSA) is 68.0 Å². The highest BCUT2D eigenvalue weighted by atomic mass is 35.5. The van der Waals surface area contributed by atoms with Crippen LogP contribution in [-0.4, -0.2) is 26.1 Å². The number of carboxylic acids is 1. The standard InChI is InChI=1S/C13H13Cl2N3O2/c1-2-4-11-12(13(19)20)16-17-18(11)7-8-9(14)5-3-6-10(8)15/h3,5-6H,2,4,7H2,1H3,(H,19,20). The van der Waals surface area contributed by atoms with Crippen molar-refractivity contribution in [2.45, 2.75) is 26.3 Å². The normalized spacial score (nSPS) is 10.8. The third-order valence-electron chi connectivity index (χ3n) is 2.90. The molecule has 0 saturated carbocycles. The molecule has 2 rings (SSSR count). The van der Waals surface area contributed by atoms with E-state index in [1.165, 1.54) is 0 Å². The second-order valence-electron chi connectivity index (χ2n) is 4.30. The first kappa shape index (κ1) is 14.8. The summed E-state index contributed by atoms with van der Waals surface area (Å²) in [6.07, 6.45) is 1.38. The number of hydrogen-bond acceptors (Lipinski definition) is 3. The molecule has 1 N–H and O–H groups in total. The molecule has 0 aliphatic rings. The van der Waals surface area contributed by atoms with Gasteiger partial charge in [0.05, 0.1) is 12.2 Å². The molecule has 0 aliphatic carbocycles. The van der Waals surface area contributed by atoms with Crippen LogP contribution in [0.3, 0.4) is 0 Å². The molecule has 2 aromatic rings. The summed E-state index contributed by atoms with van der Waals surface area (Å²) >= 11 is 12.2. The molecule has 0 fully saturated rings. The molecule has 5 nitrogen and oxygen atoms in total. The van der Waals surface area contributed by atoms with E-state index in [0.29, 0.717) is 34.3 Å². The van der Waals surface area contributed by atoms with E-state index >= 15 is 0 Å². The maximum atomic E-state index is 11.1. The Morgan fingerprint density at radius 2 is 2.00 bits per heavy atom. The molecule has 0 bridgehead atoms. The molecule has 1 heterocycles. The predicted molar refractivity (Wildman–Crippen MR) is 76.5 cm³/mol. The molecule has 0 atom stereocenters. The largest absolute Gasteiger partial charge is 0.476 e. The first-order valence-corrected chi connectivity index (χ1v) is 6.88. The fourth-order valence-electron chi connectivity index (χ4n) is 1.94. The van der Waals surface area contributed by atoms with E-state index in [-0.39, 0.29) is 5.69 Å². The summed E-state index contributed by atoms with van der Waals surface area (Å²) in [5.41, 5.74) is 1.26. The Balaban J connectivity index is 2.41. The van der Waals surface area contributed by atoms with Crippen molar-refractivity contribution in [1.29, 1.82) is 0 Å². The van der Waals surface area contributed by atoms with Crippen LogP contribution in [0.5, 0.6) is 0 Å². The summed E-state index contributed by atoms with van der Waals surface area (Å²) in [5.74, 6) is -1.08. The Labute approximate surface area is 126 Å². The number of hydrogen-bond donors (Lipinski definition) is 1. The summed E-state index contributed by atoms with van der Waals surface area (Å²) in [4.78, 5) is 11.1. The van der Waals surface area contributed by atoms with E-state index in [0.717, 1.165) is 6.42 Å². The van der Waals surface area contributed by atoms with Crippen LogP contribution in [0.2, 0.25) is 10.0 Å². The minimum atomic E-state index is -1.08. The SMILES string of the molecule is CCCc1c(C(=O)O)nnn1Cc1c(Cl)cccc1Cl. The lowest BCUT2D eigenvalue weighted by atomic mass is 10.2. The van der Waals surface area contributed by atoms with Gasteiger partial charge < -0.3 is 5.11 Å². The van der Waals surface area contributed by atoms with Gasteiger partial charge in [-0.3, -0.25) is 0 Å². The van der Waals surface area contributed by atoms with Gasteiger partial charge in [0.15, 0.2) is 5.69 Å². The highest BCUT2D eigenvalue weighted by molar-refractivity contribution is 6.35. The highest BCUT2D eigenvalue weighted by Gasteiger charge is 2.19. The van der Waals surface area contributed by atoms with Crippen LogP contribution in [0.25, 0.3) is 0 Å².